The zero-order chi connectivity index (χ0) is 14.7. The monoisotopic (exact) mass is 300 g/mol. The first-order chi connectivity index (χ1) is 8.72. The fourth-order valence-corrected chi connectivity index (χ4v) is 2.48. The number of nitrogens with one attached hydrogen (secondary N) is 1. The Hall–Kier alpha value is -0.920. The van der Waals surface area contributed by atoms with Crippen LogP contribution in [-0.2, 0) is 4.79 Å². The van der Waals surface area contributed by atoms with Crippen LogP contribution in [0.25, 0.3) is 0 Å². The van der Waals surface area contributed by atoms with Crippen molar-refractivity contribution >= 4 is 23.1 Å². The van der Waals surface area contributed by atoms with Crippen molar-refractivity contribution in [1.29, 1.82) is 0 Å². The summed E-state index contributed by atoms with van der Waals surface area (Å²) in [5.74, 6) is -5.03. The van der Waals surface area contributed by atoms with Gasteiger partial charge in [-0.05, 0) is 12.8 Å². The first kappa shape index (κ1) is 16.1. The molecular formula is C11H16F4N2OS. The Morgan fingerprint density at radius 2 is 1.84 bits per heavy atom. The number of carbonyl (C=O) groups excluding carboxylic acids is 1. The molecule has 1 fully saturated rings. The van der Waals surface area contributed by atoms with E-state index in [0.717, 1.165) is 6.42 Å². The Bertz CT molecular complexity index is 357. The summed E-state index contributed by atoms with van der Waals surface area (Å²) in [5, 5.41) is 1.86. The van der Waals surface area contributed by atoms with Crippen LogP contribution in [0.3, 0.4) is 0 Å². The third kappa shape index (κ3) is 3.55. The van der Waals surface area contributed by atoms with Gasteiger partial charge in [-0.2, -0.15) is 8.78 Å². The van der Waals surface area contributed by atoms with E-state index in [0.29, 0.717) is 25.7 Å². The van der Waals surface area contributed by atoms with Crippen molar-refractivity contribution < 1.29 is 22.4 Å². The summed E-state index contributed by atoms with van der Waals surface area (Å²) >= 11 is 4.84. The SMILES string of the molecule is NC(=S)C1(C(=O)NCC(F)(F)C(F)F)CCCCC1. The molecule has 1 saturated carbocycles. The Labute approximate surface area is 113 Å². The van der Waals surface area contributed by atoms with E-state index in [2.05, 4.69) is 0 Å². The highest BCUT2D eigenvalue weighted by Crippen LogP contribution is 2.37. The largest absolute Gasteiger partial charge is 0.392 e. The zero-order valence-electron chi connectivity index (χ0n) is 10.2. The molecule has 3 N–H and O–H groups in total. The maximum absolute atomic E-state index is 12.8. The predicted molar refractivity (Wildman–Crippen MR) is 66.3 cm³/mol. The molecule has 1 aliphatic rings. The average molecular weight is 300 g/mol. The number of hydrogen-bond donors (Lipinski definition) is 2. The van der Waals surface area contributed by atoms with Gasteiger partial charge in [-0.25, -0.2) is 8.78 Å². The van der Waals surface area contributed by atoms with Crippen LogP contribution in [0, 0.1) is 5.41 Å². The second-order valence-electron chi connectivity index (χ2n) is 4.75. The van der Waals surface area contributed by atoms with Crippen LogP contribution >= 0.6 is 12.2 Å². The molecule has 0 spiro atoms. The minimum absolute atomic E-state index is 0.0648. The Balaban J connectivity index is 2.72. The second-order valence-corrected chi connectivity index (χ2v) is 5.19. The molecule has 0 unspecified atom stereocenters. The first-order valence-electron chi connectivity index (χ1n) is 5.96. The molecule has 3 nitrogen and oxygen atoms in total. The molecular weight excluding hydrogens is 284 g/mol. The van der Waals surface area contributed by atoms with Crippen LogP contribution in [0.5, 0.6) is 0 Å². The molecule has 0 radical (unpaired) electrons. The van der Waals surface area contributed by atoms with E-state index in [1.54, 1.807) is 0 Å². The van der Waals surface area contributed by atoms with Gasteiger partial charge < -0.3 is 11.1 Å². The number of nitrogens with two attached hydrogens (primary N) is 1. The lowest BCUT2D eigenvalue weighted by atomic mass is 9.73. The number of amides is 1. The second kappa shape index (κ2) is 6.02. The van der Waals surface area contributed by atoms with Crippen molar-refractivity contribution in [2.24, 2.45) is 11.1 Å². The summed E-state index contributed by atoms with van der Waals surface area (Å²) in [4.78, 5) is 11.9. The number of hydrogen-bond acceptors (Lipinski definition) is 2. The number of alkyl halides is 4. The highest BCUT2D eigenvalue weighted by Gasteiger charge is 2.45. The van der Waals surface area contributed by atoms with Gasteiger partial charge in [0.05, 0.1) is 16.9 Å². The van der Waals surface area contributed by atoms with E-state index in [1.807, 2.05) is 5.32 Å². The van der Waals surface area contributed by atoms with E-state index < -0.39 is 30.2 Å². The van der Waals surface area contributed by atoms with Gasteiger partial charge in [0.15, 0.2) is 0 Å². The molecule has 8 heteroatoms. The minimum Gasteiger partial charge on any atom is -0.392 e. The lowest BCUT2D eigenvalue weighted by molar-refractivity contribution is -0.141. The average Bonchev–Trinajstić information content (AvgIpc) is 2.36. The van der Waals surface area contributed by atoms with Crippen molar-refractivity contribution in [3.05, 3.63) is 0 Å². The summed E-state index contributed by atoms with van der Waals surface area (Å²) in [6, 6.07) is 0. The molecule has 110 valence electrons. The summed E-state index contributed by atoms with van der Waals surface area (Å²) < 4.78 is 49.6. The number of carbonyl (C=O) groups is 1. The van der Waals surface area contributed by atoms with Crippen LogP contribution in [0.2, 0.25) is 0 Å². The zero-order valence-corrected chi connectivity index (χ0v) is 11.0. The van der Waals surface area contributed by atoms with Crippen molar-refractivity contribution in [2.45, 2.75) is 44.5 Å². The highest BCUT2D eigenvalue weighted by atomic mass is 32.1. The highest BCUT2D eigenvalue weighted by molar-refractivity contribution is 7.80. The Morgan fingerprint density at radius 3 is 2.26 bits per heavy atom. The topological polar surface area (TPSA) is 55.1 Å². The molecule has 0 aliphatic heterocycles. The van der Waals surface area contributed by atoms with Gasteiger partial charge in [-0.3, -0.25) is 4.79 Å². The molecule has 1 aliphatic carbocycles. The standard InChI is InChI=1S/C11H16F4N2OS/c12-7(13)11(14,15)6-17-9(18)10(8(16)19)4-2-1-3-5-10/h7H,1-6H2,(H2,16,19)(H,17,18). The molecule has 19 heavy (non-hydrogen) atoms. The molecule has 0 atom stereocenters. The maximum Gasteiger partial charge on any atom is 0.324 e. The summed E-state index contributed by atoms with van der Waals surface area (Å²) in [6.45, 7) is -1.41. The van der Waals surface area contributed by atoms with Gasteiger partial charge in [0.1, 0.15) is 0 Å². The third-order valence-electron chi connectivity index (χ3n) is 3.42. The molecule has 0 aromatic heterocycles. The fourth-order valence-electron chi connectivity index (χ4n) is 2.19. The van der Waals surface area contributed by atoms with Crippen molar-refractivity contribution in [3.8, 4) is 0 Å². The van der Waals surface area contributed by atoms with Crippen LogP contribution in [0.15, 0.2) is 0 Å². The molecule has 0 aromatic carbocycles. The summed E-state index contributed by atoms with van der Waals surface area (Å²) in [5.41, 5.74) is 4.36. The van der Waals surface area contributed by atoms with E-state index >= 15 is 0 Å². The molecule has 1 amide bonds. The number of thiocarbonyl (C=S) groups is 1. The smallest absolute Gasteiger partial charge is 0.324 e. The number of halogens is 4. The lowest BCUT2D eigenvalue weighted by Crippen LogP contribution is -2.53. The van der Waals surface area contributed by atoms with Gasteiger partial charge in [-0.1, -0.05) is 31.5 Å². The summed E-state index contributed by atoms with van der Waals surface area (Å²) in [7, 11) is 0. The molecule has 1 rings (SSSR count). The van der Waals surface area contributed by atoms with Gasteiger partial charge in [-0.15, -0.1) is 0 Å². The molecule has 0 saturated heterocycles. The van der Waals surface area contributed by atoms with E-state index in [9.17, 15) is 22.4 Å². The van der Waals surface area contributed by atoms with Gasteiger partial charge in [0, 0.05) is 0 Å². The van der Waals surface area contributed by atoms with Gasteiger partial charge in [0.2, 0.25) is 5.91 Å². The van der Waals surface area contributed by atoms with Gasteiger partial charge >= 0.3 is 12.3 Å². The van der Waals surface area contributed by atoms with Crippen LogP contribution < -0.4 is 11.1 Å². The van der Waals surface area contributed by atoms with Crippen molar-refractivity contribution in [3.63, 3.8) is 0 Å². The van der Waals surface area contributed by atoms with Crippen LogP contribution in [0.4, 0.5) is 17.6 Å². The summed E-state index contributed by atoms with van der Waals surface area (Å²) in [6.07, 6.45) is -0.764. The fraction of sp³-hybridized carbons (Fsp3) is 0.818. The molecule has 0 heterocycles. The lowest BCUT2D eigenvalue weighted by Gasteiger charge is -2.35. The van der Waals surface area contributed by atoms with E-state index in [1.165, 1.54) is 0 Å². The minimum atomic E-state index is -4.25. The normalized spacial score (nSPS) is 19.2. The van der Waals surface area contributed by atoms with Gasteiger partial charge in [0.25, 0.3) is 0 Å². The number of rotatable bonds is 5. The third-order valence-corrected chi connectivity index (χ3v) is 3.81. The van der Waals surface area contributed by atoms with E-state index in [4.69, 9.17) is 18.0 Å². The maximum atomic E-state index is 12.8. The van der Waals surface area contributed by atoms with Crippen molar-refractivity contribution in [1.82, 2.24) is 5.32 Å². The van der Waals surface area contributed by atoms with Crippen molar-refractivity contribution in [2.75, 3.05) is 6.54 Å². The van der Waals surface area contributed by atoms with Crippen LogP contribution in [-0.4, -0.2) is 29.8 Å². The van der Waals surface area contributed by atoms with Crippen LogP contribution in [0.1, 0.15) is 32.1 Å². The Morgan fingerprint density at radius 1 is 1.32 bits per heavy atom. The van der Waals surface area contributed by atoms with E-state index in [-0.39, 0.29) is 4.99 Å². The quantitative estimate of drug-likeness (QED) is 0.605. The Kier molecular flexibility index (Phi) is 5.11. The molecule has 0 aromatic rings. The predicted octanol–water partition coefficient (Wildman–Crippen LogP) is 2.24. The molecule has 0 bridgehead atoms. The first-order valence-corrected chi connectivity index (χ1v) is 6.37.